The van der Waals surface area contributed by atoms with Gasteiger partial charge in [0.25, 0.3) is 0 Å². The van der Waals surface area contributed by atoms with Gasteiger partial charge in [-0.15, -0.1) is 0 Å². The number of nitrogens with zero attached hydrogens (tertiary/aromatic N) is 2. The van der Waals surface area contributed by atoms with Crippen molar-refractivity contribution < 1.29 is 0 Å². The maximum atomic E-state index is 7.05. The highest BCUT2D eigenvalue weighted by Crippen LogP contribution is 2.21. The Morgan fingerprint density at radius 1 is 1.38 bits per heavy atom. The maximum Gasteiger partial charge on any atom is 0.110 e. The van der Waals surface area contributed by atoms with Crippen molar-refractivity contribution >= 4 is 12.0 Å². The van der Waals surface area contributed by atoms with Gasteiger partial charge in [-0.3, -0.25) is 5.41 Å². The first kappa shape index (κ1) is 9.38. The zero-order valence-corrected chi connectivity index (χ0v) is 7.70. The smallest absolute Gasteiger partial charge is 0.110 e. The summed E-state index contributed by atoms with van der Waals surface area (Å²) in [4.78, 5) is 0. The van der Waals surface area contributed by atoms with Crippen LogP contribution in [0.5, 0.6) is 0 Å². The molecular weight excluding hydrogens is 164 g/mol. The van der Waals surface area contributed by atoms with Gasteiger partial charge in [-0.05, 0) is 31.0 Å². The maximum absolute atomic E-state index is 7.05. The first-order valence-electron chi connectivity index (χ1n) is 3.94. The average molecular weight is 176 g/mol. The largest absolute Gasteiger partial charge is 0.289 e. The molecule has 0 radical (unpaired) electrons. The Balaban J connectivity index is 3.20. The standard InChI is InChI=1S/C9H12N4/c1-7-4-3-5-9(8(7)2)13(6-10)12-11/h3-6,10-11H,1-2H3. The number of benzene rings is 1. The number of rotatable bonds is 3. The van der Waals surface area contributed by atoms with Gasteiger partial charge in [0.15, 0.2) is 0 Å². The van der Waals surface area contributed by atoms with Gasteiger partial charge in [-0.2, -0.15) is 5.53 Å². The van der Waals surface area contributed by atoms with Crippen molar-refractivity contribution in [2.45, 2.75) is 13.8 Å². The van der Waals surface area contributed by atoms with Crippen molar-refractivity contribution in [1.82, 2.24) is 0 Å². The Kier molecular flexibility index (Phi) is 2.74. The molecular formula is C9H12N4. The summed E-state index contributed by atoms with van der Waals surface area (Å²) in [6.45, 7) is 3.94. The van der Waals surface area contributed by atoms with Gasteiger partial charge in [-0.25, -0.2) is 5.01 Å². The molecule has 0 heterocycles. The van der Waals surface area contributed by atoms with Crippen molar-refractivity contribution in [1.29, 1.82) is 10.9 Å². The van der Waals surface area contributed by atoms with Gasteiger partial charge in [0.2, 0.25) is 0 Å². The van der Waals surface area contributed by atoms with Gasteiger partial charge in [0.05, 0.1) is 5.69 Å². The molecule has 1 aromatic rings. The molecule has 0 aliphatic rings. The molecule has 2 N–H and O–H groups in total. The van der Waals surface area contributed by atoms with Crippen molar-refractivity contribution in [3.05, 3.63) is 29.3 Å². The van der Waals surface area contributed by atoms with Crippen LogP contribution in [0.1, 0.15) is 11.1 Å². The van der Waals surface area contributed by atoms with Crippen LogP contribution in [0, 0.1) is 24.8 Å². The van der Waals surface area contributed by atoms with Gasteiger partial charge in [0.1, 0.15) is 6.34 Å². The average Bonchev–Trinajstić information content (AvgIpc) is 2.14. The van der Waals surface area contributed by atoms with Crippen LogP contribution in [-0.2, 0) is 0 Å². The molecule has 0 aliphatic carbocycles. The topological polar surface area (TPSA) is 63.3 Å². The van der Waals surface area contributed by atoms with E-state index in [0.717, 1.165) is 23.2 Å². The second kappa shape index (κ2) is 3.80. The van der Waals surface area contributed by atoms with Crippen LogP contribution in [0.25, 0.3) is 0 Å². The van der Waals surface area contributed by atoms with Crippen LogP contribution in [-0.4, -0.2) is 6.34 Å². The van der Waals surface area contributed by atoms with Crippen LogP contribution >= 0.6 is 0 Å². The summed E-state index contributed by atoms with van der Waals surface area (Å²) in [5.74, 6) is 0. The molecule has 68 valence electrons. The van der Waals surface area contributed by atoms with E-state index in [0.29, 0.717) is 0 Å². The van der Waals surface area contributed by atoms with Crippen LogP contribution in [0.3, 0.4) is 0 Å². The molecule has 0 saturated heterocycles. The number of nitrogens with one attached hydrogen (secondary N) is 2. The van der Waals surface area contributed by atoms with Gasteiger partial charge < -0.3 is 0 Å². The second-order valence-corrected chi connectivity index (χ2v) is 2.79. The molecule has 1 rings (SSSR count). The van der Waals surface area contributed by atoms with E-state index in [1.54, 1.807) is 0 Å². The molecule has 0 aromatic heterocycles. The summed E-state index contributed by atoms with van der Waals surface area (Å²) in [6, 6.07) is 5.72. The lowest BCUT2D eigenvalue weighted by atomic mass is 10.1. The molecule has 0 fully saturated rings. The fraction of sp³-hybridized carbons (Fsp3) is 0.222. The third-order valence-electron chi connectivity index (χ3n) is 2.05. The summed E-state index contributed by atoms with van der Waals surface area (Å²) in [5.41, 5.74) is 9.82. The van der Waals surface area contributed by atoms with E-state index in [-0.39, 0.29) is 0 Å². The minimum absolute atomic E-state index is 0.782. The Labute approximate surface area is 77.2 Å². The van der Waals surface area contributed by atoms with E-state index in [1.165, 1.54) is 5.01 Å². The first-order valence-corrected chi connectivity index (χ1v) is 3.94. The molecule has 0 atom stereocenters. The number of aryl methyl sites for hydroxylation is 1. The molecule has 0 amide bonds. The van der Waals surface area contributed by atoms with E-state index >= 15 is 0 Å². The normalized spacial score (nSPS) is 9.38. The van der Waals surface area contributed by atoms with E-state index in [9.17, 15) is 0 Å². The summed E-state index contributed by atoms with van der Waals surface area (Å²) >= 11 is 0. The van der Waals surface area contributed by atoms with Gasteiger partial charge in [-0.1, -0.05) is 17.4 Å². The van der Waals surface area contributed by atoms with Crippen LogP contribution in [0.2, 0.25) is 0 Å². The highest BCUT2D eigenvalue weighted by Gasteiger charge is 2.05. The summed E-state index contributed by atoms with van der Waals surface area (Å²) in [6.07, 6.45) is 1.02. The predicted molar refractivity (Wildman–Crippen MR) is 52.3 cm³/mol. The second-order valence-electron chi connectivity index (χ2n) is 2.79. The van der Waals surface area contributed by atoms with Crippen molar-refractivity contribution in [2.24, 2.45) is 5.22 Å². The molecule has 1 aromatic carbocycles. The lowest BCUT2D eigenvalue weighted by Gasteiger charge is -2.14. The lowest BCUT2D eigenvalue weighted by Crippen LogP contribution is -2.12. The van der Waals surface area contributed by atoms with Crippen LogP contribution in [0.4, 0.5) is 5.69 Å². The molecule has 0 aliphatic heterocycles. The SMILES string of the molecule is Cc1cccc(N(C=N)N=N)c1C. The molecule has 4 nitrogen and oxygen atoms in total. The molecule has 0 saturated carbocycles. The zero-order valence-electron chi connectivity index (χ0n) is 7.70. The fourth-order valence-electron chi connectivity index (χ4n) is 1.14. The minimum Gasteiger partial charge on any atom is -0.289 e. The minimum atomic E-state index is 0.782. The number of anilines is 1. The highest BCUT2D eigenvalue weighted by molar-refractivity contribution is 5.77. The molecule has 13 heavy (non-hydrogen) atoms. The number of hydrogen-bond donors (Lipinski definition) is 2. The highest BCUT2D eigenvalue weighted by atomic mass is 15.5. The predicted octanol–water partition coefficient (Wildman–Crippen LogP) is 2.66. The van der Waals surface area contributed by atoms with Crippen LogP contribution < -0.4 is 5.01 Å². The van der Waals surface area contributed by atoms with Crippen molar-refractivity contribution in [3.8, 4) is 0 Å². The van der Waals surface area contributed by atoms with Gasteiger partial charge >= 0.3 is 0 Å². The quantitative estimate of drug-likeness (QED) is 0.316. The van der Waals surface area contributed by atoms with E-state index in [1.807, 2.05) is 32.0 Å². The van der Waals surface area contributed by atoms with Crippen molar-refractivity contribution in [2.75, 3.05) is 5.01 Å². The van der Waals surface area contributed by atoms with E-state index in [2.05, 4.69) is 5.22 Å². The summed E-state index contributed by atoms with van der Waals surface area (Å²) in [5, 5.41) is 11.5. The monoisotopic (exact) mass is 176 g/mol. The fourth-order valence-corrected chi connectivity index (χ4v) is 1.14. The number of hydrogen-bond acceptors (Lipinski definition) is 3. The Bertz CT molecular complexity index is 324. The Morgan fingerprint density at radius 2 is 2.08 bits per heavy atom. The third kappa shape index (κ3) is 1.72. The molecule has 0 unspecified atom stereocenters. The van der Waals surface area contributed by atoms with E-state index < -0.39 is 0 Å². The lowest BCUT2D eigenvalue weighted by molar-refractivity contribution is 0.946. The molecule has 4 heteroatoms. The Morgan fingerprint density at radius 3 is 2.62 bits per heavy atom. The third-order valence-corrected chi connectivity index (χ3v) is 2.05. The molecule has 0 bridgehead atoms. The van der Waals surface area contributed by atoms with Gasteiger partial charge in [0, 0.05) is 0 Å². The Hall–Kier alpha value is -1.71. The van der Waals surface area contributed by atoms with E-state index in [4.69, 9.17) is 10.9 Å². The first-order chi connectivity index (χ1) is 6.20. The summed E-state index contributed by atoms with van der Waals surface area (Å²) < 4.78 is 0. The molecule has 0 spiro atoms. The summed E-state index contributed by atoms with van der Waals surface area (Å²) in [7, 11) is 0. The zero-order chi connectivity index (χ0) is 9.84. The van der Waals surface area contributed by atoms with Crippen LogP contribution in [0.15, 0.2) is 23.4 Å². The van der Waals surface area contributed by atoms with Crippen molar-refractivity contribution in [3.63, 3.8) is 0 Å².